The second-order valence-electron chi connectivity index (χ2n) is 6.27. The fourth-order valence-electron chi connectivity index (χ4n) is 2.60. The summed E-state index contributed by atoms with van der Waals surface area (Å²) in [6.07, 6.45) is 1.58. The van der Waals surface area contributed by atoms with E-state index in [-0.39, 0.29) is 11.9 Å². The number of rotatable bonds is 7. The number of nitriles is 1. The van der Waals surface area contributed by atoms with E-state index >= 15 is 0 Å². The van der Waals surface area contributed by atoms with Crippen LogP contribution in [0.2, 0.25) is 0 Å². The fraction of sp³-hybridized carbons (Fsp3) is 0.130. The molecule has 0 saturated carbocycles. The van der Waals surface area contributed by atoms with Crippen LogP contribution in [-0.2, 0) is 9.53 Å². The molecule has 2 aromatic carbocycles. The van der Waals surface area contributed by atoms with Crippen LogP contribution >= 0.6 is 11.3 Å². The summed E-state index contributed by atoms with van der Waals surface area (Å²) in [6.45, 7) is 3.42. The topological polar surface area (TPSA) is 101 Å². The smallest absolute Gasteiger partial charge is 0.338 e. The number of aromatic nitrogens is 1. The number of carbonyl (C=O) groups excluding carboxylic acids is 2. The summed E-state index contributed by atoms with van der Waals surface area (Å²) in [5.41, 5.74) is 3.12. The van der Waals surface area contributed by atoms with Gasteiger partial charge in [0.25, 0.3) is 0 Å². The van der Waals surface area contributed by atoms with Crippen molar-refractivity contribution in [2.24, 2.45) is 0 Å². The first-order valence-electron chi connectivity index (χ1n) is 9.39. The minimum atomic E-state index is -0.379. The Morgan fingerprint density at radius 3 is 2.48 bits per heavy atom. The van der Waals surface area contributed by atoms with Crippen molar-refractivity contribution in [2.75, 3.05) is 11.9 Å². The van der Waals surface area contributed by atoms with Crippen molar-refractivity contribution < 1.29 is 19.1 Å². The van der Waals surface area contributed by atoms with Crippen molar-refractivity contribution in [1.82, 2.24) is 4.98 Å². The third-order valence-corrected chi connectivity index (χ3v) is 4.92. The molecule has 0 bridgehead atoms. The minimum absolute atomic E-state index is 0.319. The summed E-state index contributed by atoms with van der Waals surface area (Å²) in [6, 6.07) is 15.9. The maximum absolute atomic E-state index is 11.7. The van der Waals surface area contributed by atoms with Gasteiger partial charge < -0.3 is 14.8 Å². The molecule has 8 heteroatoms. The highest BCUT2D eigenvalue weighted by Crippen LogP contribution is 2.27. The zero-order chi connectivity index (χ0) is 22.2. The van der Waals surface area contributed by atoms with Crippen molar-refractivity contribution in [3.8, 4) is 23.1 Å². The molecule has 0 aliphatic heterocycles. The lowest BCUT2D eigenvalue weighted by atomic mass is 10.2. The summed E-state index contributed by atoms with van der Waals surface area (Å²) < 4.78 is 9.99. The Kier molecular flexibility index (Phi) is 7.14. The molecule has 31 heavy (non-hydrogen) atoms. The molecule has 0 saturated heterocycles. The summed E-state index contributed by atoms with van der Waals surface area (Å²) in [5, 5.41) is 15.0. The molecule has 0 aliphatic rings. The van der Waals surface area contributed by atoms with Gasteiger partial charge in [0, 0.05) is 29.8 Å². The summed E-state index contributed by atoms with van der Waals surface area (Å²) in [5.74, 6) is -0.295. The molecule has 1 heterocycles. The normalized spacial score (nSPS) is 10.8. The van der Waals surface area contributed by atoms with Crippen LogP contribution in [0.3, 0.4) is 0 Å². The summed E-state index contributed by atoms with van der Waals surface area (Å²) in [7, 11) is 0. The number of hydrogen-bond donors (Lipinski definition) is 1. The molecule has 1 N–H and O–H groups in total. The lowest BCUT2D eigenvalue weighted by Gasteiger charge is -2.04. The van der Waals surface area contributed by atoms with Crippen LogP contribution in [0.1, 0.15) is 29.2 Å². The van der Waals surface area contributed by atoms with E-state index in [2.05, 4.69) is 16.4 Å². The minimum Gasteiger partial charge on any atom is -0.462 e. The summed E-state index contributed by atoms with van der Waals surface area (Å²) >= 11 is 1.35. The van der Waals surface area contributed by atoms with E-state index in [9.17, 15) is 14.9 Å². The second-order valence-corrected chi connectivity index (χ2v) is 7.13. The number of carbonyl (C=O) groups is 2. The molecular weight excluding hydrogens is 414 g/mol. The highest BCUT2D eigenvalue weighted by atomic mass is 32.1. The van der Waals surface area contributed by atoms with Crippen LogP contribution in [0.15, 0.2) is 60.1 Å². The zero-order valence-electron chi connectivity index (χ0n) is 16.9. The largest absolute Gasteiger partial charge is 0.462 e. The highest BCUT2D eigenvalue weighted by molar-refractivity contribution is 7.11. The quantitative estimate of drug-likeness (QED) is 0.322. The maximum atomic E-state index is 11.7. The Morgan fingerprint density at radius 1 is 1.16 bits per heavy atom. The summed E-state index contributed by atoms with van der Waals surface area (Å²) in [4.78, 5) is 27.3. The van der Waals surface area contributed by atoms with E-state index in [1.807, 2.05) is 5.38 Å². The number of hydrogen-bond acceptors (Lipinski definition) is 8. The second kappa shape index (κ2) is 10.2. The predicted octanol–water partition coefficient (Wildman–Crippen LogP) is 4.89. The van der Waals surface area contributed by atoms with E-state index in [0.29, 0.717) is 34.2 Å². The zero-order valence-corrected chi connectivity index (χ0v) is 17.7. The Balaban J connectivity index is 1.71. The van der Waals surface area contributed by atoms with Crippen LogP contribution in [0.5, 0.6) is 5.75 Å². The monoisotopic (exact) mass is 433 g/mol. The molecule has 0 aliphatic carbocycles. The Labute approximate surface area is 183 Å². The van der Waals surface area contributed by atoms with Gasteiger partial charge in [-0.25, -0.2) is 9.78 Å². The van der Waals surface area contributed by atoms with Crippen LogP contribution in [0.4, 0.5) is 5.69 Å². The number of esters is 2. The van der Waals surface area contributed by atoms with Gasteiger partial charge in [-0.15, -0.1) is 11.3 Å². The van der Waals surface area contributed by atoms with E-state index in [1.165, 1.54) is 18.3 Å². The van der Waals surface area contributed by atoms with Gasteiger partial charge in [0.15, 0.2) is 0 Å². The lowest BCUT2D eigenvalue weighted by molar-refractivity contribution is -0.131. The first-order chi connectivity index (χ1) is 15.0. The van der Waals surface area contributed by atoms with Crippen LogP contribution < -0.4 is 10.1 Å². The third kappa shape index (κ3) is 5.78. The molecule has 7 nitrogen and oxygen atoms in total. The number of allylic oxidation sites excluding steroid dienone is 1. The molecule has 0 radical (unpaired) electrons. The third-order valence-electron chi connectivity index (χ3n) is 4.05. The Hall–Kier alpha value is -3.96. The SMILES string of the molecule is CCOC(=O)c1ccc(NC=C(C#N)c2nc(-c3ccc(OC(C)=O)cc3)cs2)cc1. The first kappa shape index (κ1) is 21.7. The molecule has 1 aromatic heterocycles. The predicted molar refractivity (Wildman–Crippen MR) is 118 cm³/mol. The van der Waals surface area contributed by atoms with E-state index in [0.717, 1.165) is 11.3 Å². The molecule has 0 atom stereocenters. The van der Waals surface area contributed by atoms with Crippen molar-refractivity contribution in [3.05, 3.63) is 70.7 Å². The van der Waals surface area contributed by atoms with Gasteiger partial charge in [-0.3, -0.25) is 4.79 Å². The number of benzene rings is 2. The average Bonchev–Trinajstić information content (AvgIpc) is 3.25. The maximum Gasteiger partial charge on any atom is 0.338 e. The number of nitrogens with one attached hydrogen (secondary N) is 1. The van der Waals surface area contributed by atoms with Gasteiger partial charge in [0.1, 0.15) is 22.4 Å². The van der Waals surface area contributed by atoms with Gasteiger partial charge in [-0.2, -0.15) is 5.26 Å². The molecule has 0 unspecified atom stereocenters. The van der Waals surface area contributed by atoms with Crippen molar-refractivity contribution in [3.63, 3.8) is 0 Å². The van der Waals surface area contributed by atoms with Crippen LogP contribution in [0, 0.1) is 11.3 Å². The average molecular weight is 433 g/mol. The number of anilines is 1. The molecular formula is C23H19N3O4S. The number of ether oxygens (including phenoxy) is 2. The molecule has 0 amide bonds. The van der Waals surface area contributed by atoms with Crippen LogP contribution in [0.25, 0.3) is 16.8 Å². The Bertz CT molecular complexity index is 1140. The lowest BCUT2D eigenvalue weighted by Crippen LogP contribution is -2.04. The van der Waals surface area contributed by atoms with Crippen molar-refractivity contribution in [2.45, 2.75) is 13.8 Å². The Morgan fingerprint density at radius 2 is 1.87 bits per heavy atom. The highest BCUT2D eigenvalue weighted by Gasteiger charge is 2.10. The van der Waals surface area contributed by atoms with Crippen molar-refractivity contribution >= 4 is 34.5 Å². The van der Waals surface area contributed by atoms with Gasteiger partial charge >= 0.3 is 11.9 Å². The van der Waals surface area contributed by atoms with Crippen LogP contribution in [-0.4, -0.2) is 23.5 Å². The van der Waals surface area contributed by atoms with Crippen molar-refractivity contribution in [1.29, 1.82) is 5.26 Å². The van der Waals surface area contributed by atoms with E-state index < -0.39 is 0 Å². The van der Waals surface area contributed by atoms with Gasteiger partial charge in [0.05, 0.1) is 17.9 Å². The molecule has 3 rings (SSSR count). The van der Waals surface area contributed by atoms with E-state index in [4.69, 9.17) is 9.47 Å². The molecule has 0 fully saturated rings. The first-order valence-corrected chi connectivity index (χ1v) is 10.3. The number of thiazole rings is 1. The number of nitrogens with zero attached hydrogens (tertiary/aromatic N) is 2. The van der Waals surface area contributed by atoms with Gasteiger partial charge in [-0.05, 0) is 55.5 Å². The fourth-order valence-corrected chi connectivity index (χ4v) is 3.40. The van der Waals surface area contributed by atoms with E-state index in [1.54, 1.807) is 61.7 Å². The molecule has 3 aromatic rings. The molecule has 156 valence electrons. The van der Waals surface area contributed by atoms with Gasteiger partial charge in [0.2, 0.25) is 0 Å². The van der Waals surface area contributed by atoms with Gasteiger partial charge in [-0.1, -0.05) is 0 Å². The standard InChI is InChI=1S/C23H19N3O4S/c1-3-29-23(28)17-4-8-19(9-5-17)25-13-18(12-24)22-26-21(14-31-22)16-6-10-20(11-7-16)30-15(2)27/h4-11,13-14,25H,3H2,1-2H3. The molecule has 0 spiro atoms.